The monoisotopic (exact) mass is 653 g/mol. The van der Waals surface area contributed by atoms with Crippen LogP contribution >= 0.6 is 0 Å². The highest BCUT2D eigenvalue weighted by Gasteiger charge is 2.02. The van der Waals surface area contributed by atoms with Crippen LogP contribution in [0.4, 0.5) is 0 Å². The molecule has 5 heterocycles. The molecule has 0 amide bonds. The molecular formula is C42H64N6. The van der Waals surface area contributed by atoms with Gasteiger partial charge in [-0.15, -0.1) is 0 Å². The van der Waals surface area contributed by atoms with Crippen molar-refractivity contribution < 1.29 is 0 Å². The minimum Gasteiger partial charge on any atom is -0.352 e. The van der Waals surface area contributed by atoms with Crippen molar-refractivity contribution in [3.8, 4) is 0 Å². The van der Waals surface area contributed by atoms with E-state index in [0.29, 0.717) is 29.8 Å². The lowest BCUT2D eigenvalue weighted by molar-refractivity contribution is 0.530. The quantitative estimate of drug-likeness (QED) is 0.151. The van der Waals surface area contributed by atoms with Crippen molar-refractivity contribution in [2.75, 3.05) is 0 Å². The zero-order valence-electron chi connectivity index (χ0n) is 31.6. The molecular weight excluding hydrogens is 589 g/mol. The van der Waals surface area contributed by atoms with Crippen LogP contribution in [0.5, 0.6) is 0 Å². The molecule has 0 aromatic carbocycles. The second-order valence-electron chi connectivity index (χ2n) is 12.4. The normalized spacial score (nSPS) is 13.2. The maximum Gasteiger partial charge on any atom is 0.0948 e. The first-order chi connectivity index (χ1) is 23.2. The van der Waals surface area contributed by atoms with E-state index in [-0.39, 0.29) is 0 Å². The summed E-state index contributed by atoms with van der Waals surface area (Å²) < 4.78 is 4.33. The summed E-state index contributed by atoms with van der Waals surface area (Å²) in [5, 5.41) is 0. The number of nitrogens with zero attached hydrogens (tertiary/aromatic N) is 6. The van der Waals surface area contributed by atoms with Gasteiger partial charge < -0.3 is 9.13 Å². The van der Waals surface area contributed by atoms with Crippen LogP contribution in [-0.4, -0.2) is 29.1 Å². The van der Waals surface area contributed by atoms with Crippen molar-refractivity contribution in [3.63, 3.8) is 0 Å². The van der Waals surface area contributed by atoms with Crippen LogP contribution in [0, 0.1) is 0 Å². The van der Waals surface area contributed by atoms with Gasteiger partial charge >= 0.3 is 0 Å². The molecule has 5 atom stereocenters. The fraction of sp³-hybridized carbons (Fsp3) is 0.476. The number of hydrogen-bond acceptors (Lipinski definition) is 4. The first-order valence-corrected chi connectivity index (χ1v) is 18.0. The minimum absolute atomic E-state index is 0.590. The summed E-state index contributed by atoms with van der Waals surface area (Å²) >= 11 is 0. The Hall–Kier alpha value is -4.06. The molecule has 262 valence electrons. The highest BCUT2D eigenvalue weighted by Crippen LogP contribution is 2.17. The van der Waals surface area contributed by atoms with Crippen LogP contribution in [0.15, 0.2) is 117 Å². The van der Waals surface area contributed by atoms with E-state index in [1.54, 1.807) is 0 Å². The molecule has 0 spiro atoms. The van der Waals surface area contributed by atoms with Crippen molar-refractivity contribution in [3.05, 3.63) is 134 Å². The van der Waals surface area contributed by atoms with Gasteiger partial charge in [0.25, 0.3) is 0 Å². The molecule has 0 saturated carbocycles. The average Bonchev–Trinajstić information content (AvgIpc) is 3.91. The second-order valence-corrected chi connectivity index (χ2v) is 12.4. The fourth-order valence-corrected chi connectivity index (χ4v) is 4.30. The topological polar surface area (TPSA) is 61.4 Å². The van der Waals surface area contributed by atoms with Gasteiger partial charge in [-0.05, 0) is 117 Å². The Kier molecular flexibility index (Phi) is 22.7. The summed E-state index contributed by atoms with van der Waals surface area (Å²) in [6, 6.07) is 19.7. The van der Waals surface area contributed by atoms with Crippen LogP contribution in [-0.2, 0) is 0 Å². The standard InChI is InChI=1S/3C9H13N.C8H13N.C7H12N2/c1-3-8(2)9-4-6-10-7-5-9;1-3-8(2)9-5-4-6-10-7-9;1-3-8(2)9-6-4-5-7-10-9;1-3-8(2)9-6-4-5-7-9;1-3-7(2)9-5-4-8-6-9/h3*4-8H,3H2,1-2H3;4-8H,3H2,1-2H3;4-7H,3H2,1-2H3. The van der Waals surface area contributed by atoms with Crippen molar-refractivity contribution >= 4 is 0 Å². The fourth-order valence-electron chi connectivity index (χ4n) is 4.30. The molecule has 5 aromatic rings. The van der Waals surface area contributed by atoms with Gasteiger partial charge in [0.2, 0.25) is 0 Å². The third-order valence-electron chi connectivity index (χ3n) is 8.91. The van der Waals surface area contributed by atoms with Crippen LogP contribution in [0.1, 0.15) is 148 Å². The molecule has 0 aliphatic heterocycles. The maximum atomic E-state index is 4.25. The number of hydrogen-bond donors (Lipinski definition) is 0. The van der Waals surface area contributed by atoms with Gasteiger partial charge in [0.15, 0.2) is 0 Å². The molecule has 6 nitrogen and oxygen atoms in total. The lowest BCUT2D eigenvalue weighted by Crippen LogP contribution is -1.99. The minimum atomic E-state index is 0.590. The Morgan fingerprint density at radius 3 is 1.56 bits per heavy atom. The highest BCUT2D eigenvalue weighted by molar-refractivity contribution is 5.14. The molecule has 0 radical (unpaired) electrons. The van der Waals surface area contributed by atoms with Gasteiger partial charge in [0, 0.05) is 73.5 Å². The van der Waals surface area contributed by atoms with E-state index < -0.39 is 0 Å². The Morgan fingerprint density at radius 2 is 1.08 bits per heavy atom. The third kappa shape index (κ3) is 17.2. The highest BCUT2D eigenvalue weighted by atomic mass is 15.0. The second kappa shape index (κ2) is 26.0. The van der Waals surface area contributed by atoms with E-state index in [9.17, 15) is 0 Å². The molecule has 5 rings (SSSR count). The predicted octanol–water partition coefficient (Wildman–Crippen LogP) is 12.1. The summed E-state index contributed by atoms with van der Waals surface area (Å²) in [6.45, 7) is 22.0. The SMILES string of the molecule is CCC(C)c1ccccn1.CCC(C)c1cccnc1.CCC(C)c1ccncc1.CCC(C)n1cccc1.CCC(C)n1ccnc1. The molecule has 0 aliphatic rings. The number of pyridine rings is 3. The van der Waals surface area contributed by atoms with Gasteiger partial charge in [-0.2, -0.15) is 0 Å². The van der Waals surface area contributed by atoms with Crippen LogP contribution in [0.25, 0.3) is 0 Å². The van der Waals surface area contributed by atoms with Crippen molar-refractivity contribution in [1.82, 2.24) is 29.1 Å². The van der Waals surface area contributed by atoms with Crippen molar-refractivity contribution in [2.24, 2.45) is 0 Å². The zero-order chi connectivity index (χ0) is 35.6. The Balaban J connectivity index is 0.000000300. The third-order valence-corrected chi connectivity index (χ3v) is 8.91. The van der Waals surface area contributed by atoms with Gasteiger partial charge in [0.05, 0.1) is 6.33 Å². The Bertz CT molecular complexity index is 1210. The molecule has 5 aromatic heterocycles. The van der Waals surface area contributed by atoms with Gasteiger partial charge in [-0.1, -0.05) is 67.5 Å². The number of rotatable bonds is 10. The Labute approximate surface area is 293 Å². The van der Waals surface area contributed by atoms with Crippen molar-refractivity contribution in [1.29, 1.82) is 0 Å². The van der Waals surface area contributed by atoms with E-state index in [1.165, 1.54) is 36.1 Å². The van der Waals surface area contributed by atoms with E-state index in [0.717, 1.165) is 12.8 Å². The molecule has 0 bridgehead atoms. The summed E-state index contributed by atoms with van der Waals surface area (Å²) in [7, 11) is 0. The number of imidazole rings is 1. The first kappa shape index (κ1) is 42.0. The van der Waals surface area contributed by atoms with Crippen molar-refractivity contribution in [2.45, 2.75) is 131 Å². The Morgan fingerprint density at radius 1 is 0.479 bits per heavy atom. The van der Waals surface area contributed by atoms with E-state index in [1.807, 2.05) is 67.9 Å². The smallest absolute Gasteiger partial charge is 0.0948 e. The van der Waals surface area contributed by atoms with Gasteiger partial charge in [0.1, 0.15) is 0 Å². The number of aromatic nitrogens is 6. The summed E-state index contributed by atoms with van der Waals surface area (Å²) in [5.74, 6) is 1.91. The summed E-state index contributed by atoms with van der Waals surface area (Å²) in [5.41, 5.74) is 3.92. The molecule has 0 saturated heterocycles. The maximum absolute atomic E-state index is 4.25. The average molecular weight is 653 g/mol. The van der Waals surface area contributed by atoms with E-state index in [4.69, 9.17) is 0 Å². The molecule has 6 heteroatoms. The van der Waals surface area contributed by atoms with Crippen LogP contribution < -0.4 is 0 Å². The molecule has 0 N–H and O–H groups in total. The largest absolute Gasteiger partial charge is 0.352 e. The zero-order valence-corrected chi connectivity index (χ0v) is 31.6. The van der Waals surface area contributed by atoms with Gasteiger partial charge in [-0.3, -0.25) is 15.0 Å². The summed E-state index contributed by atoms with van der Waals surface area (Å²) in [4.78, 5) is 16.2. The lowest BCUT2D eigenvalue weighted by Gasteiger charge is -2.09. The van der Waals surface area contributed by atoms with E-state index in [2.05, 4.69) is 147 Å². The van der Waals surface area contributed by atoms with E-state index >= 15 is 0 Å². The van der Waals surface area contributed by atoms with Crippen LogP contribution in [0.3, 0.4) is 0 Å². The predicted molar refractivity (Wildman–Crippen MR) is 205 cm³/mol. The van der Waals surface area contributed by atoms with Crippen LogP contribution in [0.2, 0.25) is 0 Å². The van der Waals surface area contributed by atoms with Gasteiger partial charge in [-0.25, -0.2) is 4.98 Å². The molecule has 48 heavy (non-hydrogen) atoms. The lowest BCUT2D eigenvalue weighted by atomic mass is 10.0. The summed E-state index contributed by atoms with van der Waals surface area (Å²) in [6.07, 6.45) is 25.1. The molecule has 5 unspecified atom stereocenters. The molecule has 0 aliphatic carbocycles. The first-order valence-electron chi connectivity index (χ1n) is 18.0. The molecule has 0 fully saturated rings.